The maximum atomic E-state index is 12.9. The standard InChI is InChI=1S/C19H23FN6S/c1-21-19(22-11-4-14-27-16-8-6-15(20)7-9-16)23-12-10-18-25-24-17-5-2-3-13-26(17)18/h2-3,5-9,13H,4,10-12,14H2,1H3,(H2,21,22,23). The summed E-state index contributed by atoms with van der Waals surface area (Å²) in [6.07, 6.45) is 3.71. The molecule has 0 aliphatic rings. The number of aromatic nitrogens is 3. The number of benzene rings is 1. The predicted molar refractivity (Wildman–Crippen MR) is 108 cm³/mol. The smallest absolute Gasteiger partial charge is 0.190 e. The third-order valence-electron chi connectivity index (χ3n) is 3.94. The number of thioether (sulfide) groups is 1. The molecule has 0 radical (unpaired) electrons. The third kappa shape index (κ3) is 5.68. The zero-order valence-electron chi connectivity index (χ0n) is 15.2. The molecular weight excluding hydrogens is 363 g/mol. The molecule has 3 rings (SSSR count). The summed E-state index contributed by atoms with van der Waals surface area (Å²) >= 11 is 1.72. The highest BCUT2D eigenvalue weighted by atomic mass is 32.2. The van der Waals surface area contributed by atoms with Gasteiger partial charge in [0.15, 0.2) is 11.6 Å². The first-order chi connectivity index (χ1) is 13.3. The van der Waals surface area contributed by atoms with Crippen molar-refractivity contribution in [2.75, 3.05) is 25.9 Å². The highest BCUT2D eigenvalue weighted by Gasteiger charge is 2.05. The van der Waals surface area contributed by atoms with E-state index in [0.717, 1.165) is 54.0 Å². The van der Waals surface area contributed by atoms with Gasteiger partial charge in [0.25, 0.3) is 0 Å². The van der Waals surface area contributed by atoms with Crippen LogP contribution in [0.3, 0.4) is 0 Å². The maximum Gasteiger partial charge on any atom is 0.190 e. The highest BCUT2D eigenvalue weighted by Crippen LogP contribution is 2.18. The zero-order valence-corrected chi connectivity index (χ0v) is 16.0. The molecule has 0 amide bonds. The van der Waals surface area contributed by atoms with Gasteiger partial charge in [0, 0.05) is 37.7 Å². The molecule has 0 aliphatic carbocycles. The molecule has 2 N–H and O–H groups in total. The summed E-state index contributed by atoms with van der Waals surface area (Å²) in [6, 6.07) is 12.5. The van der Waals surface area contributed by atoms with Crippen molar-refractivity contribution in [1.82, 2.24) is 25.2 Å². The van der Waals surface area contributed by atoms with Crippen molar-refractivity contribution in [2.24, 2.45) is 4.99 Å². The lowest BCUT2D eigenvalue weighted by atomic mass is 10.4. The van der Waals surface area contributed by atoms with Gasteiger partial charge < -0.3 is 10.6 Å². The van der Waals surface area contributed by atoms with E-state index in [1.165, 1.54) is 12.1 Å². The number of halogens is 1. The van der Waals surface area contributed by atoms with Crippen molar-refractivity contribution < 1.29 is 4.39 Å². The third-order valence-corrected chi connectivity index (χ3v) is 5.04. The molecule has 2 aromatic heterocycles. The lowest BCUT2D eigenvalue weighted by molar-refractivity contribution is 0.626. The van der Waals surface area contributed by atoms with E-state index >= 15 is 0 Å². The van der Waals surface area contributed by atoms with E-state index in [4.69, 9.17) is 0 Å². The summed E-state index contributed by atoms with van der Waals surface area (Å²) < 4.78 is 14.9. The molecule has 0 fully saturated rings. The largest absolute Gasteiger partial charge is 0.356 e. The Kier molecular flexibility index (Phi) is 7.04. The van der Waals surface area contributed by atoms with E-state index < -0.39 is 0 Å². The van der Waals surface area contributed by atoms with Crippen LogP contribution in [0, 0.1) is 5.82 Å². The quantitative estimate of drug-likeness (QED) is 0.270. The summed E-state index contributed by atoms with van der Waals surface area (Å²) in [5, 5.41) is 15.0. The van der Waals surface area contributed by atoms with E-state index in [9.17, 15) is 4.39 Å². The Balaban J connectivity index is 1.34. The Morgan fingerprint density at radius 3 is 2.74 bits per heavy atom. The molecule has 0 aliphatic heterocycles. The molecule has 1 aromatic carbocycles. The summed E-state index contributed by atoms with van der Waals surface area (Å²) in [6.45, 7) is 1.54. The van der Waals surface area contributed by atoms with Crippen LogP contribution in [0.15, 0.2) is 58.5 Å². The number of pyridine rings is 1. The van der Waals surface area contributed by atoms with Crippen molar-refractivity contribution in [1.29, 1.82) is 0 Å². The lowest BCUT2D eigenvalue weighted by Gasteiger charge is -2.11. The molecule has 0 bridgehead atoms. The SMILES string of the molecule is CN=C(NCCCSc1ccc(F)cc1)NCCc1nnc2ccccn12. The van der Waals surface area contributed by atoms with Crippen LogP contribution in [0.5, 0.6) is 0 Å². The average molecular weight is 387 g/mol. The second kappa shape index (κ2) is 9.91. The fraction of sp³-hybridized carbons (Fsp3) is 0.316. The van der Waals surface area contributed by atoms with Crippen molar-refractivity contribution in [3.63, 3.8) is 0 Å². The minimum atomic E-state index is -0.199. The average Bonchev–Trinajstić information content (AvgIpc) is 3.11. The molecule has 0 spiro atoms. The molecule has 8 heteroatoms. The van der Waals surface area contributed by atoms with E-state index in [2.05, 4.69) is 25.8 Å². The van der Waals surface area contributed by atoms with Crippen molar-refractivity contribution in [3.05, 3.63) is 60.3 Å². The second-order valence-corrected chi connectivity index (χ2v) is 7.05. The van der Waals surface area contributed by atoms with Gasteiger partial charge in [-0.1, -0.05) is 6.07 Å². The molecule has 0 unspecified atom stereocenters. The zero-order chi connectivity index (χ0) is 18.9. The highest BCUT2D eigenvalue weighted by molar-refractivity contribution is 7.99. The molecule has 2 heterocycles. The van der Waals surface area contributed by atoms with Crippen LogP contribution in [0.25, 0.3) is 5.65 Å². The number of aliphatic imine (C=N–C) groups is 1. The van der Waals surface area contributed by atoms with Gasteiger partial charge in [-0.05, 0) is 48.6 Å². The number of rotatable bonds is 8. The molecule has 3 aromatic rings. The molecule has 0 saturated heterocycles. The van der Waals surface area contributed by atoms with E-state index in [0.29, 0.717) is 0 Å². The van der Waals surface area contributed by atoms with Crippen LogP contribution < -0.4 is 10.6 Å². The van der Waals surface area contributed by atoms with Crippen LogP contribution >= 0.6 is 11.8 Å². The van der Waals surface area contributed by atoms with Crippen molar-refractivity contribution in [2.45, 2.75) is 17.7 Å². The maximum absolute atomic E-state index is 12.9. The molecule has 6 nitrogen and oxygen atoms in total. The van der Waals surface area contributed by atoms with Crippen molar-refractivity contribution >= 4 is 23.4 Å². The first-order valence-electron chi connectivity index (χ1n) is 8.88. The normalized spacial score (nSPS) is 11.7. The monoisotopic (exact) mass is 386 g/mol. The molecular formula is C19H23FN6S. The van der Waals surface area contributed by atoms with Gasteiger partial charge in [-0.15, -0.1) is 22.0 Å². The van der Waals surface area contributed by atoms with E-state index in [-0.39, 0.29) is 5.82 Å². The molecule has 27 heavy (non-hydrogen) atoms. The van der Waals surface area contributed by atoms with Gasteiger partial charge in [0.05, 0.1) is 0 Å². The van der Waals surface area contributed by atoms with Crippen LogP contribution in [0.1, 0.15) is 12.2 Å². The van der Waals surface area contributed by atoms with Gasteiger partial charge in [-0.3, -0.25) is 9.39 Å². The summed E-state index contributed by atoms with van der Waals surface area (Å²) in [5.74, 6) is 2.45. The van der Waals surface area contributed by atoms with Gasteiger partial charge >= 0.3 is 0 Å². The Bertz CT molecular complexity index is 877. The topological polar surface area (TPSA) is 66.6 Å². The minimum absolute atomic E-state index is 0.199. The van der Waals surface area contributed by atoms with Crippen LogP contribution in [0.4, 0.5) is 4.39 Å². The van der Waals surface area contributed by atoms with Gasteiger partial charge in [-0.25, -0.2) is 4.39 Å². The molecule has 0 atom stereocenters. The first-order valence-corrected chi connectivity index (χ1v) is 9.86. The number of nitrogens with zero attached hydrogens (tertiary/aromatic N) is 4. The minimum Gasteiger partial charge on any atom is -0.356 e. The van der Waals surface area contributed by atoms with E-state index in [1.54, 1.807) is 18.8 Å². The predicted octanol–water partition coefficient (Wildman–Crippen LogP) is 2.76. The molecule has 0 saturated carbocycles. The van der Waals surface area contributed by atoms with Crippen LogP contribution in [-0.4, -0.2) is 46.4 Å². The Morgan fingerprint density at radius 1 is 1.11 bits per heavy atom. The number of nitrogens with one attached hydrogen (secondary N) is 2. The number of hydrogen-bond acceptors (Lipinski definition) is 4. The number of fused-ring (bicyclic) bond motifs is 1. The Morgan fingerprint density at radius 2 is 1.93 bits per heavy atom. The fourth-order valence-electron chi connectivity index (χ4n) is 2.57. The summed E-state index contributed by atoms with van der Waals surface area (Å²) in [4.78, 5) is 5.32. The van der Waals surface area contributed by atoms with Crippen molar-refractivity contribution in [3.8, 4) is 0 Å². The Labute approximate surface area is 162 Å². The fourth-order valence-corrected chi connectivity index (χ4v) is 3.43. The molecule has 142 valence electrons. The number of hydrogen-bond donors (Lipinski definition) is 2. The van der Waals surface area contributed by atoms with Gasteiger partial charge in [-0.2, -0.15) is 0 Å². The summed E-state index contributed by atoms with van der Waals surface area (Å²) in [5.41, 5.74) is 0.855. The first kappa shape index (κ1) is 19.2. The second-order valence-electron chi connectivity index (χ2n) is 5.88. The van der Waals surface area contributed by atoms with Crippen LogP contribution in [-0.2, 0) is 6.42 Å². The Hall–Kier alpha value is -2.61. The van der Waals surface area contributed by atoms with E-state index in [1.807, 2.05) is 40.9 Å². The summed E-state index contributed by atoms with van der Waals surface area (Å²) in [7, 11) is 1.76. The van der Waals surface area contributed by atoms with Gasteiger partial charge in [0.1, 0.15) is 11.6 Å². The van der Waals surface area contributed by atoms with Gasteiger partial charge in [0.2, 0.25) is 0 Å². The number of guanidine groups is 1. The van der Waals surface area contributed by atoms with Crippen LogP contribution in [0.2, 0.25) is 0 Å². The lowest BCUT2D eigenvalue weighted by Crippen LogP contribution is -2.39.